The van der Waals surface area contributed by atoms with Gasteiger partial charge in [0.05, 0.1) is 27.8 Å². The van der Waals surface area contributed by atoms with Crippen LogP contribution in [0, 0.1) is 22.7 Å². The van der Waals surface area contributed by atoms with Crippen LogP contribution >= 0.6 is 0 Å². The highest BCUT2D eigenvalue weighted by atomic mass is 15.1. The topological polar surface area (TPSA) is 91.4 Å². The molecule has 1 heterocycles. The number of aromatic nitrogens is 2. The number of anilines is 1. The molecule has 0 radical (unpaired) electrons. The number of hydrogen-bond donors (Lipinski definition) is 1. The molecule has 5 nitrogen and oxygen atoms in total. The van der Waals surface area contributed by atoms with Gasteiger partial charge in [0, 0.05) is 18.2 Å². The van der Waals surface area contributed by atoms with Gasteiger partial charge in [0.25, 0.3) is 0 Å². The van der Waals surface area contributed by atoms with Gasteiger partial charge in [-0.1, -0.05) is 42.5 Å². The van der Waals surface area contributed by atoms with Crippen LogP contribution in [0.2, 0.25) is 0 Å². The van der Waals surface area contributed by atoms with Crippen molar-refractivity contribution < 1.29 is 0 Å². The molecule has 1 aromatic heterocycles. The first kappa shape index (κ1) is 16.4. The molecule has 0 saturated heterocycles. The Morgan fingerprint density at radius 2 is 1.52 bits per heavy atom. The second kappa shape index (κ2) is 6.33. The zero-order chi connectivity index (χ0) is 19.0. The van der Waals surface area contributed by atoms with Crippen LogP contribution in [0.4, 0.5) is 5.69 Å². The summed E-state index contributed by atoms with van der Waals surface area (Å²) in [5.74, 6) is 0.640. The van der Waals surface area contributed by atoms with Crippen molar-refractivity contribution in [2.24, 2.45) is 7.05 Å². The zero-order valence-electron chi connectivity index (χ0n) is 14.6. The number of nitrogens with zero attached hydrogens (tertiary/aromatic N) is 4. The van der Waals surface area contributed by atoms with E-state index >= 15 is 0 Å². The summed E-state index contributed by atoms with van der Waals surface area (Å²) in [7, 11) is 1.91. The first-order chi connectivity index (χ1) is 13.2. The van der Waals surface area contributed by atoms with E-state index < -0.39 is 0 Å². The summed E-state index contributed by atoms with van der Waals surface area (Å²) in [5.41, 5.74) is 11.0. The second-order valence-corrected chi connectivity index (χ2v) is 6.21. The van der Waals surface area contributed by atoms with Crippen molar-refractivity contribution in [3.63, 3.8) is 0 Å². The summed E-state index contributed by atoms with van der Waals surface area (Å²) < 4.78 is 1.94. The van der Waals surface area contributed by atoms with Crippen molar-refractivity contribution in [1.29, 1.82) is 10.5 Å². The van der Waals surface area contributed by atoms with Gasteiger partial charge in [-0.15, -0.1) is 0 Å². The van der Waals surface area contributed by atoms with E-state index in [1.807, 2.05) is 72.3 Å². The fraction of sp³-hybridized carbons (Fsp3) is 0.0455. The largest absolute Gasteiger partial charge is 0.397 e. The van der Waals surface area contributed by atoms with Crippen molar-refractivity contribution >= 4 is 16.7 Å². The Morgan fingerprint density at radius 1 is 0.889 bits per heavy atom. The number of fused-ring (bicyclic) bond motifs is 1. The minimum absolute atomic E-state index is 0.184. The fourth-order valence-electron chi connectivity index (χ4n) is 3.35. The third kappa shape index (κ3) is 2.50. The maximum Gasteiger partial charge on any atom is 0.142 e. The highest BCUT2D eigenvalue weighted by Crippen LogP contribution is 2.37. The monoisotopic (exact) mass is 349 g/mol. The van der Waals surface area contributed by atoms with Gasteiger partial charge < -0.3 is 10.3 Å². The number of para-hydroxylation sites is 2. The lowest BCUT2D eigenvalue weighted by Crippen LogP contribution is -2.03. The summed E-state index contributed by atoms with van der Waals surface area (Å²) in [6.45, 7) is 0. The van der Waals surface area contributed by atoms with Crippen LogP contribution in [0.15, 0.2) is 60.7 Å². The van der Waals surface area contributed by atoms with Crippen LogP contribution < -0.4 is 5.73 Å². The average molecular weight is 349 g/mol. The molecule has 128 valence electrons. The van der Waals surface area contributed by atoms with Crippen molar-refractivity contribution in [2.75, 3.05) is 5.73 Å². The molecule has 4 aromatic rings. The number of hydrogen-bond acceptors (Lipinski definition) is 4. The average Bonchev–Trinajstić information content (AvgIpc) is 3.04. The molecule has 0 aliphatic rings. The van der Waals surface area contributed by atoms with Gasteiger partial charge in [0.15, 0.2) is 0 Å². The molecule has 5 heteroatoms. The van der Waals surface area contributed by atoms with Crippen molar-refractivity contribution in [1.82, 2.24) is 9.55 Å². The molecule has 0 saturated carbocycles. The first-order valence-electron chi connectivity index (χ1n) is 8.39. The van der Waals surface area contributed by atoms with Crippen LogP contribution in [0.3, 0.4) is 0 Å². The lowest BCUT2D eigenvalue weighted by molar-refractivity contribution is 0.959. The molecule has 2 N–H and O–H groups in total. The molecular weight excluding hydrogens is 334 g/mol. The highest BCUT2D eigenvalue weighted by Gasteiger charge is 2.21. The van der Waals surface area contributed by atoms with E-state index in [0.29, 0.717) is 22.5 Å². The van der Waals surface area contributed by atoms with Crippen molar-refractivity contribution in [2.45, 2.75) is 0 Å². The second-order valence-electron chi connectivity index (χ2n) is 6.21. The maximum atomic E-state index is 9.73. The number of nitrogen functional groups attached to an aromatic ring is 1. The van der Waals surface area contributed by atoms with Gasteiger partial charge in [0.1, 0.15) is 18.0 Å². The number of nitrogens with two attached hydrogens (primary N) is 1. The van der Waals surface area contributed by atoms with E-state index in [1.165, 1.54) is 0 Å². The lowest BCUT2D eigenvalue weighted by atomic mass is 9.92. The molecule has 0 atom stereocenters. The van der Waals surface area contributed by atoms with Crippen LogP contribution in [0.25, 0.3) is 33.5 Å². The van der Waals surface area contributed by atoms with Gasteiger partial charge in [-0.2, -0.15) is 10.5 Å². The Kier molecular flexibility index (Phi) is 3.84. The minimum atomic E-state index is 0.184. The Balaban J connectivity index is 2.09. The van der Waals surface area contributed by atoms with Crippen molar-refractivity contribution in [3.8, 4) is 34.7 Å². The van der Waals surface area contributed by atoms with E-state index in [1.54, 1.807) is 0 Å². The number of benzene rings is 3. The van der Waals surface area contributed by atoms with E-state index in [9.17, 15) is 10.5 Å². The van der Waals surface area contributed by atoms with Crippen LogP contribution in [0.1, 0.15) is 11.1 Å². The number of imidazole rings is 1. The quantitative estimate of drug-likeness (QED) is 0.548. The van der Waals surface area contributed by atoms with E-state index in [-0.39, 0.29) is 11.3 Å². The van der Waals surface area contributed by atoms with E-state index in [4.69, 9.17) is 10.7 Å². The minimum Gasteiger partial charge on any atom is -0.397 e. The molecule has 0 aliphatic heterocycles. The molecule has 0 spiro atoms. The SMILES string of the molecule is Cn1c(-c2cc(-c3ccccc3)c(C#N)c(N)c2C#N)nc2ccccc21. The molecule has 27 heavy (non-hydrogen) atoms. The molecule has 0 unspecified atom stereocenters. The predicted octanol–water partition coefficient (Wildman–Crippen LogP) is 4.23. The van der Waals surface area contributed by atoms with Crippen LogP contribution in [-0.2, 0) is 7.05 Å². The van der Waals surface area contributed by atoms with Crippen LogP contribution in [0.5, 0.6) is 0 Å². The standard InChI is InChI=1S/C22H15N5/c1-27-20-10-6-5-9-19(20)26-22(27)16-11-15(14-7-3-2-4-8-14)17(12-23)21(25)18(16)13-24/h2-11H,25H2,1H3. The number of rotatable bonds is 2. The molecule has 0 bridgehead atoms. The van der Waals surface area contributed by atoms with Gasteiger partial charge in [0.2, 0.25) is 0 Å². The molecule has 4 rings (SSSR count). The van der Waals surface area contributed by atoms with Crippen LogP contribution in [-0.4, -0.2) is 9.55 Å². The summed E-state index contributed by atoms with van der Waals surface area (Å²) >= 11 is 0. The Labute approximate surface area is 156 Å². The van der Waals surface area contributed by atoms with E-state index in [2.05, 4.69) is 12.1 Å². The molecule has 0 aliphatic carbocycles. The van der Waals surface area contributed by atoms with Gasteiger partial charge in [-0.05, 0) is 23.8 Å². The molecule has 0 amide bonds. The number of nitriles is 2. The Hall–Kier alpha value is -4.09. The third-order valence-electron chi connectivity index (χ3n) is 4.70. The normalized spacial score (nSPS) is 10.5. The Morgan fingerprint density at radius 3 is 2.19 bits per heavy atom. The Bertz CT molecular complexity index is 1250. The summed E-state index contributed by atoms with van der Waals surface area (Å²) in [4.78, 5) is 4.70. The lowest BCUT2D eigenvalue weighted by Gasteiger charge is -2.13. The highest BCUT2D eigenvalue weighted by molar-refractivity contribution is 5.90. The molecule has 0 fully saturated rings. The van der Waals surface area contributed by atoms with Gasteiger partial charge in [-0.25, -0.2) is 4.98 Å². The third-order valence-corrected chi connectivity index (χ3v) is 4.70. The van der Waals surface area contributed by atoms with Crippen molar-refractivity contribution in [3.05, 3.63) is 71.8 Å². The van der Waals surface area contributed by atoms with Gasteiger partial charge in [-0.3, -0.25) is 0 Å². The summed E-state index contributed by atoms with van der Waals surface area (Å²) in [6, 6.07) is 23.5. The number of aryl methyl sites for hydroxylation is 1. The first-order valence-corrected chi connectivity index (χ1v) is 8.39. The zero-order valence-corrected chi connectivity index (χ0v) is 14.6. The van der Waals surface area contributed by atoms with Gasteiger partial charge >= 0.3 is 0 Å². The predicted molar refractivity (Wildman–Crippen MR) is 105 cm³/mol. The maximum absolute atomic E-state index is 9.73. The van der Waals surface area contributed by atoms with E-state index in [0.717, 1.165) is 16.6 Å². The summed E-state index contributed by atoms with van der Waals surface area (Å²) in [6.07, 6.45) is 0. The molecular formula is C22H15N5. The smallest absolute Gasteiger partial charge is 0.142 e. The fourth-order valence-corrected chi connectivity index (χ4v) is 3.35. The summed E-state index contributed by atoms with van der Waals surface area (Å²) in [5, 5.41) is 19.4. The molecule has 3 aromatic carbocycles.